The molecule has 22 heavy (non-hydrogen) atoms. The largest absolute Gasteiger partial charge is 0.271 e. The molecule has 118 valence electrons. The Labute approximate surface area is 133 Å². The minimum Gasteiger partial charge on any atom is -0.271 e. The van der Waals surface area contributed by atoms with Gasteiger partial charge in [-0.15, -0.1) is 6.58 Å². The fourth-order valence-electron chi connectivity index (χ4n) is 3.07. The molecule has 2 rings (SSSR count). The number of hydrogen-bond acceptors (Lipinski definition) is 2. The van der Waals surface area contributed by atoms with Gasteiger partial charge in [-0.2, -0.15) is 0 Å². The van der Waals surface area contributed by atoms with E-state index in [9.17, 15) is 9.59 Å². The van der Waals surface area contributed by atoms with Crippen molar-refractivity contribution in [2.75, 3.05) is 0 Å². The number of rotatable bonds is 9. The van der Waals surface area contributed by atoms with Crippen LogP contribution in [0.4, 0.5) is 0 Å². The first-order valence-electron chi connectivity index (χ1n) is 8.28. The van der Waals surface area contributed by atoms with Gasteiger partial charge in [-0.05, 0) is 25.0 Å². The Morgan fingerprint density at radius 3 is 2.18 bits per heavy atom. The van der Waals surface area contributed by atoms with E-state index in [1.807, 2.05) is 0 Å². The summed E-state index contributed by atoms with van der Waals surface area (Å²) in [6.45, 7) is 5.97. The van der Waals surface area contributed by atoms with Crippen molar-refractivity contribution >= 4 is 11.8 Å². The summed E-state index contributed by atoms with van der Waals surface area (Å²) in [6, 6.07) is 7.03. The first-order valence-corrected chi connectivity index (χ1v) is 8.28. The van der Waals surface area contributed by atoms with E-state index in [1.54, 1.807) is 30.3 Å². The lowest BCUT2D eigenvalue weighted by molar-refractivity contribution is 0.0575. The summed E-state index contributed by atoms with van der Waals surface area (Å²) in [5.74, 6) is -0.304. The molecular formula is C19H25NO2. The van der Waals surface area contributed by atoms with Crippen LogP contribution in [0.15, 0.2) is 36.9 Å². The molecule has 0 spiro atoms. The number of carbonyl (C=O) groups excluding carboxylic acids is 2. The summed E-state index contributed by atoms with van der Waals surface area (Å²) in [6.07, 6.45) is 9.23. The third kappa shape index (κ3) is 3.46. The highest BCUT2D eigenvalue weighted by Crippen LogP contribution is 2.27. The molecule has 3 heteroatoms. The van der Waals surface area contributed by atoms with Crippen LogP contribution in [0.5, 0.6) is 0 Å². The van der Waals surface area contributed by atoms with E-state index in [0.29, 0.717) is 17.5 Å². The monoisotopic (exact) mass is 299 g/mol. The maximum Gasteiger partial charge on any atom is 0.261 e. The van der Waals surface area contributed by atoms with Crippen molar-refractivity contribution < 1.29 is 9.59 Å². The summed E-state index contributed by atoms with van der Waals surface area (Å²) in [4.78, 5) is 26.5. The van der Waals surface area contributed by atoms with Crippen molar-refractivity contribution in [1.82, 2.24) is 4.90 Å². The molecule has 0 radical (unpaired) electrons. The van der Waals surface area contributed by atoms with Gasteiger partial charge in [0.15, 0.2) is 0 Å². The van der Waals surface area contributed by atoms with Crippen molar-refractivity contribution in [3.63, 3.8) is 0 Å². The van der Waals surface area contributed by atoms with E-state index in [1.165, 1.54) is 24.2 Å². The van der Waals surface area contributed by atoms with Crippen molar-refractivity contribution in [3.05, 3.63) is 48.0 Å². The van der Waals surface area contributed by atoms with Crippen molar-refractivity contribution in [1.29, 1.82) is 0 Å². The van der Waals surface area contributed by atoms with Gasteiger partial charge in [-0.1, -0.05) is 57.2 Å². The summed E-state index contributed by atoms with van der Waals surface area (Å²) < 4.78 is 0. The molecule has 3 nitrogen and oxygen atoms in total. The lowest BCUT2D eigenvalue weighted by Crippen LogP contribution is -2.39. The number of hydrogen-bond donors (Lipinski definition) is 0. The molecule has 1 aliphatic rings. The van der Waals surface area contributed by atoms with Crippen LogP contribution in [-0.2, 0) is 0 Å². The van der Waals surface area contributed by atoms with Gasteiger partial charge in [0.1, 0.15) is 0 Å². The predicted molar refractivity (Wildman–Crippen MR) is 88.9 cm³/mol. The Morgan fingerprint density at radius 2 is 1.64 bits per heavy atom. The van der Waals surface area contributed by atoms with Crippen LogP contribution in [-0.4, -0.2) is 22.8 Å². The van der Waals surface area contributed by atoms with Crippen LogP contribution >= 0.6 is 0 Å². The lowest BCUT2D eigenvalue weighted by atomic mass is 10.0. The first-order chi connectivity index (χ1) is 10.7. The molecule has 0 saturated carbocycles. The van der Waals surface area contributed by atoms with Crippen LogP contribution in [0, 0.1) is 0 Å². The number of unbranched alkanes of at least 4 members (excludes halogenated alkanes) is 4. The quantitative estimate of drug-likeness (QED) is 0.380. The zero-order valence-electron chi connectivity index (χ0n) is 13.4. The molecule has 1 heterocycles. The average molecular weight is 299 g/mol. The molecule has 0 fully saturated rings. The lowest BCUT2D eigenvalue weighted by Gasteiger charge is -2.25. The maximum atomic E-state index is 12.5. The normalized spacial score (nSPS) is 15.0. The van der Waals surface area contributed by atoms with E-state index in [4.69, 9.17) is 0 Å². The number of benzene rings is 1. The Morgan fingerprint density at radius 1 is 1.05 bits per heavy atom. The van der Waals surface area contributed by atoms with Crippen LogP contribution in [0.3, 0.4) is 0 Å². The van der Waals surface area contributed by atoms with Gasteiger partial charge in [0, 0.05) is 6.04 Å². The van der Waals surface area contributed by atoms with Crippen molar-refractivity contribution in [2.45, 2.75) is 57.9 Å². The number of nitrogens with zero attached hydrogens (tertiary/aromatic N) is 1. The van der Waals surface area contributed by atoms with Crippen LogP contribution in [0.1, 0.15) is 72.6 Å². The summed E-state index contributed by atoms with van der Waals surface area (Å²) in [5, 5.41) is 0. The molecule has 0 aromatic heterocycles. The van der Waals surface area contributed by atoms with Gasteiger partial charge < -0.3 is 0 Å². The number of fused-ring (bicyclic) bond motifs is 1. The molecule has 1 aliphatic heterocycles. The molecule has 0 saturated heterocycles. The standard InChI is InChI=1S/C19H25NO2/c1-3-5-6-7-8-12-15(11-4-2)20-18(21)16-13-9-10-14-17(16)19(20)22/h4,9-10,13-15H,2-3,5-8,11-12H2,1H3. The smallest absolute Gasteiger partial charge is 0.261 e. The fraction of sp³-hybridized carbons (Fsp3) is 0.474. The second-order valence-electron chi connectivity index (χ2n) is 5.91. The number of amides is 2. The topological polar surface area (TPSA) is 37.4 Å². The molecule has 1 atom stereocenters. The first kappa shape index (κ1) is 16.5. The highest BCUT2D eigenvalue weighted by atomic mass is 16.2. The minimum absolute atomic E-state index is 0.0634. The third-order valence-corrected chi connectivity index (χ3v) is 4.27. The summed E-state index contributed by atoms with van der Waals surface area (Å²) in [7, 11) is 0. The fourth-order valence-corrected chi connectivity index (χ4v) is 3.07. The summed E-state index contributed by atoms with van der Waals surface area (Å²) in [5.41, 5.74) is 1.07. The van der Waals surface area contributed by atoms with Gasteiger partial charge in [-0.3, -0.25) is 14.5 Å². The average Bonchev–Trinajstić information content (AvgIpc) is 2.78. The van der Waals surface area contributed by atoms with E-state index in [0.717, 1.165) is 19.3 Å². The molecule has 0 bridgehead atoms. The Bertz CT molecular complexity index is 515. The molecule has 1 aromatic carbocycles. The zero-order valence-corrected chi connectivity index (χ0v) is 13.4. The van der Waals surface area contributed by atoms with Crippen LogP contribution in [0.25, 0.3) is 0 Å². The molecule has 0 aliphatic carbocycles. The summed E-state index contributed by atoms with van der Waals surface area (Å²) >= 11 is 0. The maximum absolute atomic E-state index is 12.5. The second kappa shape index (κ2) is 7.92. The van der Waals surface area contributed by atoms with Crippen LogP contribution in [0.2, 0.25) is 0 Å². The molecule has 1 aromatic rings. The predicted octanol–water partition coefficient (Wildman–Crippen LogP) is 4.59. The minimum atomic E-state index is -0.152. The molecule has 1 unspecified atom stereocenters. The highest BCUT2D eigenvalue weighted by molar-refractivity contribution is 6.21. The number of imide groups is 1. The van der Waals surface area contributed by atoms with E-state index in [-0.39, 0.29) is 17.9 Å². The highest BCUT2D eigenvalue weighted by Gasteiger charge is 2.38. The van der Waals surface area contributed by atoms with Gasteiger partial charge >= 0.3 is 0 Å². The second-order valence-corrected chi connectivity index (χ2v) is 5.91. The molecule has 2 amide bonds. The van der Waals surface area contributed by atoms with Gasteiger partial charge in [-0.25, -0.2) is 0 Å². The van der Waals surface area contributed by atoms with Crippen LogP contribution < -0.4 is 0 Å². The van der Waals surface area contributed by atoms with Gasteiger partial charge in [0.05, 0.1) is 11.1 Å². The molecular weight excluding hydrogens is 274 g/mol. The van der Waals surface area contributed by atoms with Crippen molar-refractivity contribution in [2.24, 2.45) is 0 Å². The van der Waals surface area contributed by atoms with E-state index < -0.39 is 0 Å². The van der Waals surface area contributed by atoms with Gasteiger partial charge in [0.2, 0.25) is 0 Å². The van der Waals surface area contributed by atoms with E-state index >= 15 is 0 Å². The molecule has 0 N–H and O–H groups in total. The van der Waals surface area contributed by atoms with E-state index in [2.05, 4.69) is 13.5 Å². The van der Waals surface area contributed by atoms with Crippen molar-refractivity contribution in [3.8, 4) is 0 Å². The Hall–Kier alpha value is -1.90. The Kier molecular flexibility index (Phi) is 5.93. The Balaban J connectivity index is 2.04. The number of carbonyl (C=O) groups is 2. The van der Waals surface area contributed by atoms with Gasteiger partial charge in [0.25, 0.3) is 11.8 Å². The zero-order chi connectivity index (χ0) is 15.9. The SMILES string of the molecule is C=CCC(CCCCCCC)N1C(=O)c2ccccc2C1=O. The third-order valence-electron chi connectivity index (χ3n) is 4.27.